The summed E-state index contributed by atoms with van der Waals surface area (Å²) < 4.78 is 1.67. The highest BCUT2D eigenvalue weighted by molar-refractivity contribution is 6.29. The third kappa shape index (κ3) is 3.63. The summed E-state index contributed by atoms with van der Waals surface area (Å²) in [5.41, 5.74) is -0.181. The lowest BCUT2D eigenvalue weighted by Gasteiger charge is -2.15. The molecule has 0 bridgehead atoms. The fourth-order valence-corrected chi connectivity index (χ4v) is 1.92. The van der Waals surface area contributed by atoms with Gasteiger partial charge in [0, 0.05) is 18.9 Å². The number of nitrogens with zero attached hydrogens (tertiary/aromatic N) is 2. The van der Waals surface area contributed by atoms with E-state index < -0.39 is 0 Å². The van der Waals surface area contributed by atoms with Crippen molar-refractivity contribution >= 4 is 11.6 Å². The maximum Gasteiger partial charge on any atom is 0.288 e. The highest BCUT2D eigenvalue weighted by Crippen LogP contribution is 2.14. The highest BCUT2D eigenvalue weighted by atomic mass is 35.5. The lowest BCUT2D eigenvalue weighted by Crippen LogP contribution is -2.24. The fourth-order valence-electron chi connectivity index (χ4n) is 1.76. The molecule has 0 spiro atoms. The van der Waals surface area contributed by atoms with Gasteiger partial charge in [0.25, 0.3) is 5.56 Å². The number of hydrogen-bond acceptors (Lipinski definition) is 2. The Morgan fingerprint density at radius 2 is 2.25 bits per heavy atom. The lowest BCUT2D eigenvalue weighted by molar-refractivity contribution is 0.385. The van der Waals surface area contributed by atoms with Gasteiger partial charge in [-0.3, -0.25) is 4.79 Å². The van der Waals surface area contributed by atoms with Crippen molar-refractivity contribution < 1.29 is 0 Å². The van der Waals surface area contributed by atoms with Gasteiger partial charge in [-0.2, -0.15) is 0 Å². The Balaban J connectivity index is 2.70. The highest BCUT2D eigenvalue weighted by Gasteiger charge is 2.09. The van der Waals surface area contributed by atoms with E-state index in [1.54, 1.807) is 17.0 Å². The second-order valence-electron chi connectivity index (χ2n) is 4.09. The van der Waals surface area contributed by atoms with Gasteiger partial charge in [-0.05, 0) is 12.3 Å². The van der Waals surface area contributed by atoms with Crippen LogP contribution in [-0.4, -0.2) is 9.55 Å². The van der Waals surface area contributed by atoms with Crippen molar-refractivity contribution in [3.05, 3.63) is 27.9 Å². The zero-order valence-electron chi connectivity index (χ0n) is 9.95. The molecule has 0 aromatic carbocycles. The van der Waals surface area contributed by atoms with Gasteiger partial charge in [0.15, 0.2) is 5.15 Å². The molecular formula is C12H19ClN2O. The first-order chi connectivity index (χ1) is 7.69. The van der Waals surface area contributed by atoms with Crippen LogP contribution < -0.4 is 5.56 Å². The maximum atomic E-state index is 11.7. The van der Waals surface area contributed by atoms with E-state index in [0.717, 1.165) is 13.0 Å². The number of hydrogen-bond donors (Lipinski definition) is 0. The first-order valence-corrected chi connectivity index (χ1v) is 6.27. The summed E-state index contributed by atoms with van der Waals surface area (Å²) in [7, 11) is 0. The van der Waals surface area contributed by atoms with Crippen LogP contribution in [0.2, 0.25) is 5.15 Å². The third-order valence-electron chi connectivity index (χ3n) is 2.87. The smallest absolute Gasteiger partial charge is 0.288 e. The molecule has 1 rings (SSSR count). The summed E-state index contributed by atoms with van der Waals surface area (Å²) in [4.78, 5) is 15.4. The van der Waals surface area contributed by atoms with E-state index in [4.69, 9.17) is 11.6 Å². The Morgan fingerprint density at radius 3 is 2.88 bits per heavy atom. The van der Waals surface area contributed by atoms with Crippen LogP contribution in [0.1, 0.15) is 39.5 Å². The van der Waals surface area contributed by atoms with E-state index >= 15 is 0 Å². The number of rotatable bonds is 6. The monoisotopic (exact) mass is 242 g/mol. The Hall–Kier alpha value is -0.830. The summed E-state index contributed by atoms with van der Waals surface area (Å²) in [5.74, 6) is 0.552. The van der Waals surface area contributed by atoms with Gasteiger partial charge in [0.1, 0.15) is 0 Å². The zero-order chi connectivity index (χ0) is 12.0. The molecule has 4 heteroatoms. The number of unbranched alkanes of at least 4 members (excludes halogenated alkanes) is 1. The van der Waals surface area contributed by atoms with E-state index in [1.807, 2.05) is 0 Å². The van der Waals surface area contributed by atoms with Crippen molar-refractivity contribution in [1.82, 2.24) is 9.55 Å². The van der Waals surface area contributed by atoms with E-state index in [9.17, 15) is 4.79 Å². The summed E-state index contributed by atoms with van der Waals surface area (Å²) in [5, 5.41) is 0.0628. The Kier molecular flexibility index (Phi) is 5.53. The van der Waals surface area contributed by atoms with Gasteiger partial charge in [-0.15, -0.1) is 0 Å². The van der Waals surface area contributed by atoms with Crippen LogP contribution in [-0.2, 0) is 6.54 Å². The molecule has 0 N–H and O–H groups in total. The standard InChI is InChI=1S/C12H19ClN2O/c1-3-5-6-10(4-2)9-15-8-7-14-11(13)12(15)16/h7-8,10H,3-6,9H2,1-2H3. The minimum Gasteiger partial charge on any atom is -0.311 e. The Bertz CT molecular complexity index is 376. The van der Waals surface area contributed by atoms with Crippen molar-refractivity contribution in [2.75, 3.05) is 0 Å². The summed E-state index contributed by atoms with van der Waals surface area (Å²) in [6, 6.07) is 0. The summed E-state index contributed by atoms with van der Waals surface area (Å²) >= 11 is 5.70. The van der Waals surface area contributed by atoms with Gasteiger partial charge in [-0.1, -0.05) is 44.7 Å². The second-order valence-corrected chi connectivity index (χ2v) is 4.45. The van der Waals surface area contributed by atoms with Crippen LogP contribution in [0.5, 0.6) is 0 Å². The van der Waals surface area contributed by atoms with Crippen LogP contribution in [0.3, 0.4) is 0 Å². The van der Waals surface area contributed by atoms with Crippen molar-refractivity contribution in [1.29, 1.82) is 0 Å². The average Bonchev–Trinajstić information content (AvgIpc) is 2.30. The van der Waals surface area contributed by atoms with Gasteiger partial charge >= 0.3 is 0 Å². The van der Waals surface area contributed by atoms with E-state index in [-0.39, 0.29) is 10.7 Å². The molecule has 1 aromatic heterocycles. The zero-order valence-corrected chi connectivity index (χ0v) is 10.7. The number of aromatic nitrogens is 2. The van der Waals surface area contributed by atoms with Crippen LogP contribution >= 0.6 is 11.6 Å². The summed E-state index contributed by atoms with van der Waals surface area (Å²) in [6.07, 6.45) is 7.96. The lowest BCUT2D eigenvalue weighted by atomic mass is 9.99. The molecule has 90 valence electrons. The molecule has 1 atom stereocenters. The molecule has 1 heterocycles. The second kappa shape index (κ2) is 6.69. The Morgan fingerprint density at radius 1 is 1.50 bits per heavy atom. The molecule has 1 aromatic rings. The predicted octanol–water partition coefficient (Wildman–Crippen LogP) is 3.11. The van der Waals surface area contributed by atoms with Crippen molar-refractivity contribution in [3.8, 4) is 0 Å². The third-order valence-corrected chi connectivity index (χ3v) is 3.13. The molecule has 0 fully saturated rings. The van der Waals surface area contributed by atoms with Crippen molar-refractivity contribution in [2.45, 2.75) is 46.1 Å². The molecule has 0 radical (unpaired) electrons. The van der Waals surface area contributed by atoms with Crippen molar-refractivity contribution in [3.63, 3.8) is 0 Å². The van der Waals surface area contributed by atoms with Crippen LogP contribution in [0.4, 0.5) is 0 Å². The molecule has 0 amide bonds. The predicted molar refractivity (Wildman–Crippen MR) is 66.8 cm³/mol. The first-order valence-electron chi connectivity index (χ1n) is 5.90. The van der Waals surface area contributed by atoms with Gasteiger partial charge in [-0.25, -0.2) is 4.98 Å². The average molecular weight is 243 g/mol. The fraction of sp³-hybridized carbons (Fsp3) is 0.667. The van der Waals surface area contributed by atoms with E-state index in [1.165, 1.54) is 19.3 Å². The molecular weight excluding hydrogens is 224 g/mol. The first kappa shape index (κ1) is 13.2. The quantitative estimate of drug-likeness (QED) is 0.768. The molecule has 16 heavy (non-hydrogen) atoms. The molecule has 0 aliphatic heterocycles. The topological polar surface area (TPSA) is 34.9 Å². The molecule has 1 unspecified atom stereocenters. The molecule has 0 aliphatic rings. The SMILES string of the molecule is CCCCC(CC)Cn1ccnc(Cl)c1=O. The molecule has 0 saturated heterocycles. The molecule has 3 nitrogen and oxygen atoms in total. The van der Waals surface area contributed by atoms with Crippen LogP contribution in [0.15, 0.2) is 17.2 Å². The van der Waals surface area contributed by atoms with Gasteiger partial charge < -0.3 is 4.57 Å². The maximum absolute atomic E-state index is 11.7. The molecule has 0 aliphatic carbocycles. The van der Waals surface area contributed by atoms with E-state index in [2.05, 4.69) is 18.8 Å². The van der Waals surface area contributed by atoms with Gasteiger partial charge in [0.05, 0.1) is 0 Å². The van der Waals surface area contributed by atoms with Crippen LogP contribution in [0.25, 0.3) is 0 Å². The minimum atomic E-state index is -0.181. The normalized spacial score (nSPS) is 12.7. The van der Waals surface area contributed by atoms with E-state index in [0.29, 0.717) is 5.92 Å². The van der Waals surface area contributed by atoms with Gasteiger partial charge in [0.2, 0.25) is 0 Å². The minimum absolute atomic E-state index is 0.0628. The molecule has 0 saturated carbocycles. The Labute approximate surface area is 101 Å². The summed E-state index contributed by atoms with van der Waals surface area (Å²) in [6.45, 7) is 5.09. The largest absolute Gasteiger partial charge is 0.311 e. The van der Waals surface area contributed by atoms with Crippen LogP contribution in [0, 0.1) is 5.92 Å². The number of halogens is 1. The van der Waals surface area contributed by atoms with Crippen molar-refractivity contribution in [2.24, 2.45) is 5.92 Å².